The first-order chi connectivity index (χ1) is 15.1. The van der Waals surface area contributed by atoms with Crippen LogP contribution in [0.1, 0.15) is 38.4 Å². The van der Waals surface area contributed by atoms with Crippen LogP contribution in [-0.2, 0) is 32.0 Å². The number of para-hydroxylation sites is 1. The number of aromatic nitrogens is 1. The lowest BCUT2D eigenvalue weighted by Gasteiger charge is -2.36. The molecule has 2 N–H and O–H groups in total. The zero-order valence-corrected chi connectivity index (χ0v) is 20.0. The standard InChI is InChI=1S/C23H31N3O5S/c1-23(2,3)31-22(29)26-13-18-15(14-8-6-7-9-16(14)24-18)12-19(26)20(27)25-17(10-11-32-5)21(28)30-4/h6-9,17,19,24H,10-13H2,1-5H3,(H,25,27)/t17-,19-/m0/s1. The molecule has 1 aromatic heterocycles. The molecule has 174 valence electrons. The predicted octanol–water partition coefficient (Wildman–Crippen LogP) is 3.24. The molecule has 0 aliphatic carbocycles. The highest BCUT2D eigenvalue weighted by Gasteiger charge is 2.39. The molecule has 0 spiro atoms. The van der Waals surface area contributed by atoms with Crippen molar-refractivity contribution in [2.75, 3.05) is 19.1 Å². The second kappa shape index (κ2) is 9.85. The number of aromatic amines is 1. The van der Waals surface area contributed by atoms with E-state index in [0.29, 0.717) is 18.6 Å². The summed E-state index contributed by atoms with van der Waals surface area (Å²) in [7, 11) is 1.30. The Morgan fingerprint density at radius 1 is 1.28 bits per heavy atom. The minimum atomic E-state index is -0.807. The van der Waals surface area contributed by atoms with Crippen molar-refractivity contribution >= 4 is 40.6 Å². The van der Waals surface area contributed by atoms with E-state index in [1.165, 1.54) is 12.0 Å². The van der Waals surface area contributed by atoms with Gasteiger partial charge in [-0.05, 0) is 50.8 Å². The Balaban J connectivity index is 1.92. The Kier molecular flexibility index (Phi) is 7.38. The number of hydrogen-bond acceptors (Lipinski definition) is 6. The fraction of sp³-hybridized carbons (Fsp3) is 0.522. The summed E-state index contributed by atoms with van der Waals surface area (Å²) >= 11 is 1.58. The molecule has 1 aliphatic rings. The molecule has 8 nitrogen and oxygen atoms in total. The third-order valence-electron chi connectivity index (χ3n) is 5.35. The molecule has 3 rings (SSSR count). The van der Waals surface area contributed by atoms with Crippen LogP contribution in [0.5, 0.6) is 0 Å². The third-order valence-corrected chi connectivity index (χ3v) is 5.99. The highest BCUT2D eigenvalue weighted by Crippen LogP contribution is 2.31. The minimum Gasteiger partial charge on any atom is -0.467 e. The summed E-state index contributed by atoms with van der Waals surface area (Å²) in [5.41, 5.74) is 2.13. The topological polar surface area (TPSA) is 101 Å². The largest absolute Gasteiger partial charge is 0.467 e. The molecule has 32 heavy (non-hydrogen) atoms. The molecule has 9 heteroatoms. The molecule has 0 saturated carbocycles. The van der Waals surface area contributed by atoms with Gasteiger partial charge in [0.25, 0.3) is 0 Å². The quantitative estimate of drug-likeness (QED) is 0.641. The highest BCUT2D eigenvalue weighted by atomic mass is 32.2. The second-order valence-electron chi connectivity index (χ2n) is 8.82. The average Bonchev–Trinajstić information content (AvgIpc) is 3.11. The second-order valence-corrected chi connectivity index (χ2v) is 9.81. The zero-order chi connectivity index (χ0) is 23.5. The normalized spacial score (nSPS) is 16.9. The molecular weight excluding hydrogens is 430 g/mol. The maximum atomic E-state index is 13.4. The number of carbonyl (C=O) groups excluding carboxylic acids is 3. The van der Waals surface area contributed by atoms with Crippen molar-refractivity contribution in [2.45, 2.75) is 57.8 Å². The van der Waals surface area contributed by atoms with Crippen molar-refractivity contribution in [1.29, 1.82) is 0 Å². The monoisotopic (exact) mass is 461 g/mol. The van der Waals surface area contributed by atoms with E-state index in [1.54, 1.807) is 32.5 Å². The van der Waals surface area contributed by atoms with Gasteiger partial charge in [0.05, 0.1) is 13.7 Å². The van der Waals surface area contributed by atoms with Gasteiger partial charge in [-0.15, -0.1) is 0 Å². The minimum absolute atomic E-state index is 0.213. The van der Waals surface area contributed by atoms with E-state index in [2.05, 4.69) is 10.3 Å². The van der Waals surface area contributed by atoms with E-state index in [1.807, 2.05) is 30.5 Å². The molecule has 2 heterocycles. The Morgan fingerprint density at radius 2 is 2.00 bits per heavy atom. The fourth-order valence-corrected chi connectivity index (χ4v) is 4.32. The van der Waals surface area contributed by atoms with Gasteiger partial charge in [0.15, 0.2) is 0 Å². The van der Waals surface area contributed by atoms with Gasteiger partial charge in [-0.1, -0.05) is 18.2 Å². The van der Waals surface area contributed by atoms with Crippen LogP contribution in [0.3, 0.4) is 0 Å². The maximum Gasteiger partial charge on any atom is 0.411 e. The molecule has 0 saturated heterocycles. The Morgan fingerprint density at radius 3 is 2.66 bits per heavy atom. The number of carbonyl (C=O) groups is 3. The van der Waals surface area contributed by atoms with Crippen LogP contribution >= 0.6 is 11.8 Å². The number of hydrogen-bond donors (Lipinski definition) is 2. The van der Waals surface area contributed by atoms with Crippen molar-refractivity contribution in [3.05, 3.63) is 35.5 Å². The molecule has 0 fully saturated rings. The van der Waals surface area contributed by atoms with E-state index in [9.17, 15) is 14.4 Å². The number of ether oxygens (including phenoxy) is 2. The highest BCUT2D eigenvalue weighted by molar-refractivity contribution is 7.98. The summed E-state index contributed by atoms with van der Waals surface area (Å²) in [5, 5.41) is 3.83. The van der Waals surface area contributed by atoms with Crippen molar-refractivity contribution in [3.8, 4) is 0 Å². The molecule has 2 amide bonds. The number of H-pyrrole nitrogens is 1. The number of amides is 2. The summed E-state index contributed by atoms with van der Waals surface area (Å²) in [6.45, 7) is 5.57. The molecule has 0 bridgehead atoms. The summed E-state index contributed by atoms with van der Waals surface area (Å²) in [6, 6.07) is 6.27. The maximum absolute atomic E-state index is 13.4. The molecule has 2 atom stereocenters. The van der Waals surface area contributed by atoms with Crippen LogP contribution in [0, 0.1) is 0 Å². The Labute approximate surface area is 192 Å². The van der Waals surface area contributed by atoms with Gasteiger partial charge in [-0.25, -0.2) is 9.59 Å². The first-order valence-electron chi connectivity index (χ1n) is 10.6. The van der Waals surface area contributed by atoms with Gasteiger partial charge in [0.2, 0.25) is 5.91 Å². The average molecular weight is 462 g/mol. The van der Waals surface area contributed by atoms with E-state index < -0.39 is 35.7 Å². The van der Waals surface area contributed by atoms with Gasteiger partial charge in [-0.3, -0.25) is 9.69 Å². The molecular formula is C23H31N3O5S. The number of methoxy groups -OCH3 is 1. The van der Waals surface area contributed by atoms with E-state index >= 15 is 0 Å². The number of thioether (sulfide) groups is 1. The van der Waals surface area contributed by atoms with Gasteiger partial charge >= 0.3 is 12.1 Å². The molecule has 0 radical (unpaired) electrons. The van der Waals surface area contributed by atoms with Crippen molar-refractivity contribution < 1.29 is 23.9 Å². The Hall–Kier alpha value is -2.68. The molecule has 0 unspecified atom stereocenters. The number of esters is 1. The lowest BCUT2D eigenvalue weighted by molar-refractivity contribution is -0.145. The van der Waals surface area contributed by atoms with E-state index in [4.69, 9.17) is 9.47 Å². The third kappa shape index (κ3) is 5.38. The number of nitrogens with one attached hydrogen (secondary N) is 2. The van der Waals surface area contributed by atoms with Crippen LogP contribution < -0.4 is 5.32 Å². The molecule has 1 aliphatic heterocycles. The number of benzene rings is 1. The molecule has 1 aromatic carbocycles. The van der Waals surface area contributed by atoms with E-state index in [0.717, 1.165) is 22.2 Å². The molecule has 2 aromatic rings. The first kappa shape index (κ1) is 24.0. The first-order valence-corrected chi connectivity index (χ1v) is 12.0. The van der Waals surface area contributed by atoms with Gasteiger partial charge in [-0.2, -0.15) is 11.8 Å². The van der Waals surface area contributed by atoms with Gasteiger partial charge < -0.3 is 19.8 Å². The number of rotatable bonds is 6. The van der Waals surface area contributed by atoms with Crippen molar-refractivity contribution in [3.63, 3.8) is 0 Å². The summed E-state index contributed by atoms with van der Waals surface area (Å²) < 4.78 is 10.4. The van der Waals surface area contributed by atoms with Crippen LogP contribution in [0.2, 0.25) is 0 Å². The van der Waals surface area contributed by atoms with Crippen molar-refractivity contribution in [2.24, 2.45) is 0 Å². The lowest BCUT2D eigenvalue weighted by atomic mass is 9.96. The smallest absolute Gasteiger partial charge is 0.411 e. The zero-order valence-electron chi connectivity index (χ0n) is 19.2. The number of nitrogens with zero attached hydrogens (tertiary/aromatic N) is 1. The van der Waals surface area contributed by atoms with Crippen LogP contribution in [-0.4, -0.2) is 64.7 Å². The fourth-order valence-electron chi connectivity index (χ4n) is 3.85. The summed E-state index contributed by atoms with van der Waals surface area (Å²) in [4.78, 5) is 43.4. The summed E-state index contributed by atoms with van der Waals surface area (Å²) in [6.07, 6.45) is 2.12. The SMILES string of the molecule is COC(=O)[C@H](CCSC)NC(=O)[C@@H]1Cc2c([nH]c3ccccc23)CN1C(=O)OC(C)(C)C. The van der Waals surface area contributed by atoms with Gasteiger partial charge in [0, 0.05) is 23.0 Å². The predicted molar refractivity (Wildman–Crippen MR) is 125 cm³/mol. The van der Waals surface area contributed by atoms with Crippen LogP contribution in [0.25, 0.3) is 10.9 Å². The summed E-state index contributed by atoms with van der Waals surface area (Å²) in [5.74, 6) is -0.212. The van der Waals surface area contributed by atoms with Crippen molar-refractivity contribution in [1.82, 2.24) is 15.2 Å². The van der Waals surface area contributed by atoms with Crippen LogP contribution in [0.15, 0.2) is 24.3 Å². The van der Waals surface area contributed by atoms with Crippen LogP contribution in [0.4, 0.5) is 4.79 Å². The lowest BCUT2D eigenvalue weighted by Crippen LogP contribution is -2.56. The van der Waals surface area contributed by atoms with Gasteiger partial charge in [0.1, 0.15) is 17.7 Å². The number of fused-ring (bicyclic) bond motifs is 3. The Bertz CT molecular complexity index is 997. The van der Waals surface area contributed by atoms with E-state index in [-0.39, 0.29) is 6.54 Å².